The van der Waals surface area contributed by atoms with E-state index in [2.05, 4.69) is 10.3 Å². The van der Waals surface area contributed by atoms with E-state index in [-0.39, 0.29) is 23.3 Å². The molecule has 0 radical (unpaired) electrons. The molecule has 1 aromatic heterocycles. The summed E-state index contributed by atoms with van der Waals surface area (Å²) in [6, 6.07) is 7.93. The summed E-state index contributed by atoms with van der Waals surface area (Å²) in [6.45, 7) is 0.454. The van der Waals surface area contributed by atoms with Gasteiger partial charge in [-0.25, -0.2) is 4.39 Å². The van der Waals surface area contributed by atoms with E-state index in [1.54, 1.807) is 30.5 Å². The molecule has 0 spiro atoms. The molecule has 0 bridgehead atoms. The summed E-state index contributed by atoms with van der Waals surface area (Å²) in [5.41, 5.74) is 1.39. The second-order valence-corrected chi connectivity index (χ2v) is 4.40. The van der Waals surface area contributed by atoms with E-state index in [9.17, 15) is 9.18 Å². The highest BCUT2D eigenvalue weighted by Crippen LogP contribution is 2.16. The van der Waals surface area contributed by atoms with Crippen LogP contribution in [-0.2, 0) is 6.42 Å². The SMILES string of the molecule is Cl.O=C(NCCc1ccc(F)c(Cl)c1)c1cccnc1. The van der Waals surface area contributed by atoms with Crippen LogP contribution >= 0.6 is 24.0 Å². The van der Waals surface area contributed by atoms with Gasteiger partial charge in [-0.2, -0.15) is 0 Å². The fourth-order valence-electron chi connectivity index (χ4n) is 1.61. The van der Waals surface area contributed by atoms with Crippen LogP contribution in [0.25, 0.3) is 0 Å². The van der Waals surface area contributed by atoms with Gasteiger partial charge in [0.15, 0.2) is 0 Å². The second-order valence-electron chi connectivity index (χ2n) is 4.00. The number of hydrogen-bond donors (Lipinski definition) is 1. The Morgan fingerprint density at radius 3 is 2.80 bits per heavy atom. The number of pyridine rings is 1. The molecule has 0 atom stereocenters. The topological polar surface area (TPSA) is 42.0 Å². The third-order valence-electron chi connectivity index (χ3n) is 2.61. The second kappa shape index (κ2) is 7.82. The number of aromatic nitrogens is 1. The minimum absolute atomic E-state index is 0. The summed E-state index contributed by atoms with van der Waals surface area (Å²) in [4.78, 5) is 15.6. The molecule has 0 aliphatic rings. The van der Waals surface area contributed by atoms with Gasteiger partial charge in [-0.15, -0.1) is 12.4 Å². The fraction of sp³-hybridized carbons (Fsp3) is 0.143. The Labute approximate surface area is 127 Å². The van der Waals surface area contributed by atoms with Gasteiger partial charge in [0.25, 0.3) is 5.91 Å². The zero-order valence-corrected chi connectivity index (χ0v) is 12.0. The van der Waals surface area contributed by atoms with Crippen LogP contribution in [0.5, 0.6) is 0 Å². The van der Waals surface area contributed by atoms with E-state index >= 15 is 0 Å². The molecule has 106 valence electrons. The maximum Gasteiger partial charge on any atom is 0.252 e. The lowest BCUT2D eigenvalue weighted by Gasteiger charge is -2.05. The van der Waals surface area contributed by atoms with Gasteiger partial charge in [0.1, 0.15) is 5.82 Å². The van der Waals surface area contributed by atoms with Crippen LogP contribution < -0.4 is 5.32 Å². The number of halogens is 3. The fourth-order valence-corrected chi connectivity index (χ4v) is 1.82. The minimum atomic E-state index is -0.440. The molecule has 6 heteroatoms. The van der Waals surface area contributed by atoms with Crippen LogP contribution in [0, 0.1) is 5.82 Å². The predicted molar refractivity (Wildman–Crippen MR) is 78.9 cm³/mol. The van der Waals surface area contributed by atoms with Gasteiger partial charge in [-0.05, 0) is 36.2 Å². The summed E-state index contributed by atoms with van der Waals surface area (Å²) in [5, 5.41) is 2.86. The third-order valence-corrected chi connectivity index (χ3v) is 2.90. The maximum absolute atomic E-state index is 13.0. The standard InChI is InChI=1S/C14H12ClFN2O.ClH/c15-12-8-10(3-4-13(12)16)5-7-18-14(19)11-2-1-6-17-9-11;/h1-4,6,8-9H,5,7H2,(H,18,19);1H. The van der Waals surface area contributed by atoms with Gasteiger partial charge < -0.3 is 5.32 Å². The number of nitrogens with zero attached hydrogens (tertiary/aromatic N) is 1. The van der Waals surface area contributed by atoms with E-state index in [0.29, 0.717) is 18.5 Å². The van der Waals surface area contributed by atoms with Crippen LogP contribution in [0.2, 0.25) is 5.02 Å². The maximum atomic E-state index is 13.0. The monoisotopic (exact) mass is 314 g/mol. The molecule has 1 N–H and O–H groups in total. The van der Waals surface area contributed by atoms with Crippen molar-refractivity contribution in [1.82, 2.24) is 10.3 Å². The molecule has 2 aromatic rings. The Bertz CT molecular complexity index is 579. The van der Waals surface area contributed by atoms with Crippen molar-refractivity contribution >= 4 is 29.9 Å². The van der Waals surface area contributed by atoms with Crippen molar-refractivity contribution < 1.29 is 9.18 Å². The lowest BCUT2D eigenvalue weighted by Crippen LogP contribution is -2.25. The number of hydrogen-bond acceptors (Lipinski definition) is 2. The first-order chi connectivity index (χ1) is 9.16. The molecule has 0 saturated heterocycles. The number of nitrogens with one attached hydrogen (secondary N) is 1. The number of carbonyl (C=O) groups is 1. The van der Waals surface area contributed by atoms with Crippen LogP contribution in [0.15, 0.2) is 42.7 Å². The van der Waals surface area contributed by atoms with Gasteiger partial charge in [0, 0.05) is 18.9 Å². The average molecular weight is 315 g/mol. The number of carbonyl (C=O) groups excluding carboxylic acids is 1. The molecular formula is C14H13Cl2FN2O. The molecule has 0 aliphatic heterocycles. The Kier molecular flexibility index (Phi) is 6.42. The van der Waals surface area contributed by atoms with Crippen molar-refractivity contribution in [3.05, 3.63) is 64.7 Å². The zero-order valence-electron chi connectivity index (χ0n) is 10.5. The van der Waals surface area contributed by atoms with E-state index in [1.807, 2.05) is 0 Å². The van der Waals surface area contributed by atoms with Crippen molar-refractivity contribution in [3.8, 4) is 0 Å². The summed E-state index contributed by atoms with van der Waals surface area (Å²) in [7, 11) is 0. The highest BCUT2D eigenvalue weighted by atomic mass is 35.5. The van der Waals surface area contributed by atoms with Crippen LogP contribution in [0.3, 0.4) is 0 Å². The molecule has 20 heavy (non-hydrogen) atoms. The first kappa shape index (κ1) is 16.4. The van der Waals surface area contributed by atoms with Gasteiger partial charge >= 0.3 is 0 Å². The summed E-state index contributed by atoms with van der Waals surface area (Å²) in [6.07, 6.45) is 3.70. The zero-order chi connectivity index (χ0) is 13.7. The lowest BCUT2D eigenvalue weighted by molar-refractivity contribution is 0.0954. The molecule has 0 fully saturated rings. The van der Waals surface area contributed by atoms with Crippen molar-refractivity contribution in [2.24, 2.45) is 0 Å². The molecule has 1 aromatic carbocycles. The Morgan fingerprint density at radius 1 is 1.35 bits per heavy atom. The van der Waals surface area contributed by atoms with Crippen LogP contribution in [-0.4, -0.2) is 17.4 Å². The molecule has 0 saturated carbocycles. The molecule has 1 amide bonds. The number of amides is 1. The summed E-state index contributed by atoms with van der Waals surface area (Å²) >= 11 is 5.68. The van der Waals surface area contributed by atoms with Gasteiger partial charge in [-0.1, -0.05) is 17.7 Å². The largest absolute Gasteiger partial charge is 0.352 e. The quantitative estimate of drug-likeness (QED) is 0.941. The molecule has 0 aliphatic carbocycles. The first-order valence-corrected chi connectivity index (χ1v) is 6.17. The molecular weight excluding hydrogens is 302 g/mol. The van der Waals surface area contributed by atoms with Crippen LogP contribution in [0.4, 0.5) is 4.39 Å². The number of rotatable bonds is 4. The molecule has 2 rings (SSSR count). The normalized spacial score (nSPS) is 9.70. The Morgan fingerprint density at radius 2 is 2.15 bits per heavy atom. The summed E-state index contributed by atoms with van der Waals surface area (Å²) < 4.78 is 13.0. The van der Waals surface area contributed by atoms with Crippen LogP contribution in [0.1, 0.15) is 15.9 Å². The van der Waals surface area contributed by atoms with Gasteiger partial charge in [0.2, 0.25) is 0 Å². The smallest absolute Gasteiger partial charge is 0.252 e. The molecule has 3 nitrogen and oxygen atoms in total. The van der Waals surface area contributed by atoms with Crippen molar-refractivity contribution in [2.45, 2.75) is 6.42 Å². The van der Waals surface area contributed by atoms with Gasteiger partial charge in [-0.3, -0.25) is 9.78 Å². The lowest BCUT2D eigenvalue weighted by atomic mass is 10.1. The van der Waals surface area contributed by atoms with E-state index in [0.717, 1.165) is 5.56 Å². The van der Waals surface area contributed by atoms with Crippen molar-refractivity contribution in [1.29, 1.82) is 0 Å². The van der Waals surface area contributed by atoms with Crippen molar-refractivity contribution in [3.63, 3.8) is 0 Å². The third kappa shape index (κ3) is 4.47. The van der Waals surface area contributed by atoms with E-state index < -0.39 is 5.82 Å². The average Bonchev–Trinajstić information content (AvgIpc) is 2.43. The Hall–Kier alpha value is -1.65. The first-order valence-electron chi connectivity index (χ1n) is 5.79. The van der Waals surface area contributed by atoms with E-state index in [1.165, 1.54) is 12.3 Å². The number of benzene rings is 1. The minimum Gasteiger partial charge on any atom is -0.352 e. The summed E-state index contributed by atoms with van der Waals surface area (Å²) in [5.74, 6) is -0.619. The predicted octanol–water partition coefficient (Wildman–Crippen LogP) is 3.27. The highest BCUT2D eigenvalue weighted by molar-refractivity contribution is 6.30. The highest BCUT2D eigenvalue weighted by Gasteiger charge is 2.05. The van der Waals surface area contributed by atoms with E-state index in [4.69, 9.17) is 11.6 Å². The van der Waals surface area contributed by atoms with Crippen molar-refractivity contribution in [2.75, 3.05) is 6.54 Å². The Balaban J connectivity index is 0.00000200. The van der Waals surface area contributed by atoms with Gasteiger partial charge in [0.05, 0.1) is 10.6 Å². The molecule has 0 unspecified atom stereocenters. The molecule has 1 heterocycles.